The zero-order valence-corrected chi connectivity index (χ0v) is 14.9. The molecule has 1 aromatic heterocycles. The van der Waals surface area contributed by atoms with Crippen LogP contribution >= 0.6 is 11.3 Å². The standard InChI is InChI=1S/C20H24N2OS/c1-13(18-10-14-7-8-16(18)9-14)21-19(23)11-17-12-24-20(22-17)15-5-3-2-4-6-15/h2-6,12-14,16,18H,7-11H2,1H3,(H,21,23). The third kappa shape index (κ3) is 3.25. The predicted octanol–water partition coefficient (Wildman–Crippen LogP) is 4.29. The lowest BCUT2D eigenvalue weighted by molar-refractivity contribution is -0.121. The number of hydrogen-bond acceptors (Lipinski definition) is 3. The average molecular weight is 340 g/mol. The Balaban J connectivity index is 1.34. The van der Waals surface area contributed by atoms with Crippen molar-refractivity contribution in [1.82, 2.24) is 10.3 Å². The van der Waals surface area contributed by atoms with Gasteiger partial charge in [0.1, 0.15) is 5.01 Å². The van der Waals surface area contributed by atoms with Crippen LogP contribution in [0, 0.1) is 17.8 Å². The molecule has 1 aromatic carbocycles. The van der Waals surface area contributed by atoms with Gasteiger partial charge in [0.15, 0.2) is 0 Å². The van der Waals surface area contributed by atoms with Crippen molar-refractivity contribution in [1.29, 1.82) is 0 Å². The minimum Gasteiger partial charge on any atom is -0.353 e. The molecule has 24 heavy (non-hydrogen) atoms. The van der Waals surface area contributed by atoms with E-state index in [9.17, 15) is 4.79 Å². The normalized spacial score (nSPS) is 26.5. The molecule has 2 fully saturated rings. The average Bonchev–Trinajstić information content (AvgIpc) is 3.32. The molecule has 2 saturated carbocycles. The second-order valence-corrected chi connectivity index (χ2v) is 8.24. The van der Waals surface area contributed by atoms with Gasteiger partial charge in [-0.3, -0.25) is 4.79 Å². The lowest BCUT2D eigenvalue weighted by Gasteiger charge is -2.28. The predicted molar refractivity (Wildman–Crippen MR) is 97.8 cm³/mol. The van der Waals surface area contributed by atoms with Gasteiger partial charge in [0.05, 0.1) is 12.1 Å². The maximum atomic E-state index is 12.4. The number of nitrogens with zero attached hydrogens (tertiary/aromatic N) is 1. The molecular formula is C20H24N2OS. The molecule has 126 valence electrons. The zero-order chi connectivity index (χ0) is 16.5. The molecule has 4 heteroatoms. The number of thiazole rings is 1. The van der Waals surface area contributed by atoms with Crippen molar-refractivity contribution >= 4 is 17.2 Å². The molecule has 2 aromatic rings. The largest absolute Gasteiger partial charge is 0.353 e. The Hall–Kier alpha value is -1.68. The molecule has 4 rings (SSSR count). The number of fused-ring (bicyclic) bond motifs is 2. The smallest absolute Gasteiger partial charge is 0.226 e. The second kappa shape index (κ2) is 6.67. The summed E-state index contributed by atoms with van der Waals surface area (Å²) < 4.78 is 0. The highest BCUT2D eigenvalue weighted by Crippen LogP contribution is 2.49. The van der Waals surface area contributed by atoms with E-state index in [1.54, 1.807) is 11.3 Å². The molecule has 2 aliphatic rings. The molecule has 2 bridgehead atoms. The van der Waals surface area contributed by atoms with Crippen molar-refractivity contribution in [3.63, 3.8) is 0 Å². The van der Waals surface area contributed by atoms with E-state index in [2.05, 4.69) is 29.4 Å². The lowest BCUT2D eigenvalue weighted by atomic mass is 9.84. The quantitative estimate of drug-likeness (QED) is 0.882. The molecule has 3 nitrogen and oxygen atoms in total. The van der Waals surface area contributed by atoms with E-state index in [1.165, 1.54) is 25.7 Å². The van der Waals surface area contributed by atoms with E-state index >= 15 is 0 Å². The number of carbonyl (C=O) groups excluding carboxylic acids is 1. The summed E-state index contributed by atoms with van der Waals surface area (Å²) in [6.07, 6.45) is 5.85. The Morgan fingerprint density at radius 3 is 2.83 bits per heavy atom. The Kier molecular flexibility index (Phi) is 4.40. The highest BCUT2D eigenvalue weighted by Gasteiger charge is 2.42. The van der Waals surface area contributed by atoms with Crippen LogP contribution in [0.4, 0.5) is 0 Å². The van der Waals surface area contributed by atoms with Crippen molar-refractivity contribution in [3.05, 3.63) is 41.4 Å². The van der Waals surface area contributed by atoms with E-state index in [0.717, 1.165) is 28.1 Å². The molecule has 2 aliphatic carbocycles. The summed E-state index contributed by atoms with van der Waals surface area (Å²) >= 11 is 1.61. The number of carbonyl (C=O) groups is 1. The van der Waals surface area contributed by atoms with Gasteiger partial charge >= 0.3 is 0 Å². The molecule has 0 radical (unpaired) electrons. The van der Waals surface area contributed by atoms with Gasteiger partial charge in [-0.05, 0) is 43.9 Å². The fourth-order valence-corrected chi connectivity index (χ4v) is 5.41. The zero-order valence-electron chi connectivity index (χ0n) is 14.1. The lowest BCUT2D eigenvalue weighted by Crippen LogP contribution is -2.40. The fourth-order valence-electron chi connectivity index (χ4n) is 4.58. The maximum Gasteiger partial charge on any atom is 0.226 e. The van der Waals surface area contributed by atoms with Crippen LogP contribution in [-0.2, 0) is 11.2 Å². The SMILES string of the molecule is CC(NC(=O)Cc1csc(-c2ccccc2)n1)C1CC2CCC1C2. The van der Waals surface area contributed by atoms with Gasteiger partial charge in [-0.2, -0.15) is 0 Å². The molecule has 4 unspecified atom stereocenters. The molecule has 1 amide bonds. The summed E-state index contributed by atoms with van der Waals surface area (Å²) in [4.78, 5) is 17.0. The highest BCUT2D eigenvalue weighted by molar-refractivity contribution is 7.13. The van der Waals surface area contributed by atoms with Crippen molar-refractivity contribution in [3.8, 4) is 10.6 Å². The number of rotatable bonds is 5. The van der Waals surface area contributed by atoms with Crippen LogP contribution in [0.1, 0.15) is 38.3 Å². The van der Waals surface area contributed by atoms with Crippen molar-refractivity contribution in [2.45, 2.75) is 45.1 Å². The maximum absolute atomic E-state index is 12.4. The third-order valence-electron chi connectivity index (χ3n) is 5.74. The Morgan fingerprint density at radius 1 is 1.29 bits per heavy atom. The van der Waals surface area contributed by atoms with Crippen molar-refractivity contribution < 1.29 is 4.79 Å². The van der Waals surface area contributed by atoms with Crippen LogP contribution in [0.15, 0.2) is 35.7 Å². The van der Waals surface area contributed by atoms with Gasteiger partial charge in [0.25, 0.3) is 0 Å². The minimum atomic E-state index is 0.107. The first-order valence-electron chi connectivity index (χ1n) is 8.98. The molecular weight excluding hydrogens is 316 g/mol. The summed E-state index contributed by atoms with van der Waals surface area (Å²) in [6, 6.07) is 10.4. The summed E-state index contributed by atoms with van der Waals surface area (Å²) in [5, 5.41) is 6.22. The Labute approximate surface area is 147 Å². The Morgan fingerprint density at radius 2 is 2.12 bits per heavy atom. The summed E-state index contributed by atoms with van der Waals surface area (Å²) in [5.41, 5.74) is 1.99. The van der Waals surface area contributed by atoms with Crippen LogP contribution in [0.25, 0.3) is 10.6 Å². The van der Waals surface area contributed by atoms with E-state index < -0.39 is 0 Å². The van der Waals surface area contributed by atoms with Crippen LogP contribution in [0.5, 0.6) is 0 Å². The molecule has 0 spiro atoms. The molecule has 1 heterocycles. The van der Waals surface area contributed by atoms with Gasteiger partial charge in [0.2, 0.25) is 5.91 Å². The first kappa shape index (κ1) is 15.8. The summed E-state index contributed by atoms with van der Waals surface area (Å²) in [6.45, 7) is 2.18. The molecule has 0 aliphatic heterocycles. The van der Waals surface area contributed by atoms with Crippen LogP contribution in [-0.4, -0.2) is 16.9 Å². The first-order chi connectivity index (χ1) is 11.7. The number of amides is 1. The molecule has 0 saturated heterocycles. The summed E-state index contributed by atoms with van der Waals surface area (Å²) in [7, 11) is 0. The van der Waals surface area contributed by atoms with Gasteiger partial charge in [-0.1, -0.05) is 36.8 Å². The van der Waals surface area contributed by atoms with Crippen LogP contribution < -0.4 is 5.32 Å². The number of hydrogen-bond donors (Lipinski definition) is 1. The third-order valence-corrected chi connectivity index (χ3v) is 6.68. The van der Waals surface area contributed by atoms with Crippen molar-refractivity contribution in [2.75, 3.05) is 0 Å². The first-order valence-corrected chi connectivity index (χ1v) is 9.86. The summed E-state index contributed by atoms with van der Waals surface area (Å²) in [5.74, 6) is 2.55. The highest BCUT2D eigenvalue weighted by atomic mass is 32.1. The van der Waals surface area contributed by atoms with Gasteiger partial charge in [-0.15, -0.1) is 11.3 Å². The Bertz CT molecular complexity index is 711. The topological polar surface area (TPSA) is 42.0 Å². The molecule has 1 N–H and O–H groups in total. The second-order valence-electron chi connectivity index (χ2n) is 7.38. The van der Waals surface area contributed by atoms with Crippen molar-refractivity contribution in [2.24, 2.45) is 17.8 Å². The van der Waals surface area contributed by atoms with Gasteiger partial charge in [-0.25, -0.2) is 4.98 Å². The number of nitrogens with one attached hydrogen (secondary N) is 1. The fraction of sp³-hybridized carbons (Fsp3) is 0.500. The minimum absolute atomic E-state index is 0.107. The molecule has 4 atom stereocenters. The van der Waals surface area contributed by atoms with Gasteiger partial charge < -0.3 is 5.32 Å². The van der Waals surface area contributed by atoms with E-state index in [-0.39, 0.29) is 5.91 Å². The van der Waals surface area contributed by atoms with Crippen LogP contribution in [0.3, 0.4) is 0 Å². The van der Waals surface area contributed by atoms with E-state index in [4.69, 9.17) is 0 Å². The van der Waals surface area contributed by atoms with Gasteiger partial charge in [0, 0.05) is 17.0 Å². The van der Waals surface area contributed by atoms with Crippen LogP contribution in [0.2, 0.25) is 0 Å². The number of aromatic nitrogens is 1. The van der Waals surface area contributed by atoms with E-state index in [1.807, 2.05) is 23.6 Å². The number of benzene rings is 1. The van der Waals surface area contributed by atoms with E-state index in [0.29, 0.717) is 18.4 Å². The monoisotopic (exact) mass is 340 g/mol.